The standard InChI is InChI=1S/2C30H16N4O3.C28H16N8O.C16H11N5O.3C2H6.4CH4/c2*1-5-13-21-17(9-1)25-19-11-3-7-15-23(19)35-27(25)33(21)29-31-30(37-32-29)34-22-14-6-2-10-18(22)26-20-12-4-8-16-24(20)36-28(26)34;1-3-11-19-17(9-1)29-26-33(19)21-13-5-7-15-23(21)35(26)25-31-28(37-32-25)36-24-16-8-6-14-22(24)34-20-12-4-2-10-18(20)30-27(34)36;1-10-17-15(19-22-10)21-14-9-5-4-8-13(14)20-12-7-3-2-6-11(12)18-16(20)21;3*1-2;;;;/h3*1-16H;2-9H,1H3;3*1-2H3;4*1H4. The van der Waals surface area contributed by atoms with E-state index in [1.54, 1.807) is 6.92 Å². The molecule has 29 nitrogen and oxygen atoms in total. The molecule has 0 unspecified atom stereocenters. The van der Waals surface area contributed by atoms with Gasteiger partial charge in [-0.15, -0.1) is 0 Å². The van der Waals surface area contributed by atoms with Gasteiger partial charge < -0.3 is 35.8 Å². The molecule has 0 fully saturated rings. The molecule has 14 aromatic carbocycles. The topological polar surface area (TPSA) is 295 Å². The van der Waals surface area contributed by atoms with Gasteiger partial charge in [0.25, 0.3) is 23.8 Å². The number of imidazole rings is 6. The summed E-state index contributed by atoms with van der Waals surface area (Å²) in [5.74, 6) is 4.44. The van der Waals surface area contributed by atoms with Crippen molar-refractivity contribution in [1.29, 1.82) is 0 Å². The van der Waals surface area contributed by atoms with Crippen molar-refractivity contribution in [2.24, 2.45) is 0 Å². The van der Waals surface area contributed by atoms with E-state index in [4.69, 9.17) is 65.7 Å². The molecule has 0 bridgehead atoms. The van der Waals surface area contributed by atoms with E-state index in [0.29, 0.717) is 76.4 Å². The monoisotopic (exact) mass is 1880 g/mol. The van der Waals surface area contributed by atoms with Gasteiger partial charge in [0.05, 0.1) is 110 Å². The molecule has 702 valence electrons. The first-order valence-corrected chi connectivity index (χ1v) is 46.0. The highest BCUT2D eigenvalue weighted by atomic mass is 16.5. The molecule has 143 heavy (non-hydrogen) atoms. The van der Waals surface area contributed by atoms with E-state index in [-0.39, 0.29) is 29.7 Å². The molecule has 18 aromatic heterocycles. The average molecular weight is 1890 g/mol. The molecule has 0 amide bonds. The lowest BCUT2D eigenvalue weighted by Crippen LogP contribution is -1.99. The molecule has 0 aliphatic carbocycles. The normalized spacial score (nSPS) is 11.5. The summed E-state index contributed by atoms with van der Waals surface area (Å²) in [6.07, 6.45) is 0. The van der Waals surface area contributed by atoms with Crippen LogP contribution in [0.4, 0.5) is 0 Å². The smallest absolute Gasteiger partial charge is 0.337 e. The number of para-hydroxylation sites is 20. The van der Waals surface area contributed by atoms with Crippen LogP contribution < -0.4 is 0 Å². The lowest BCUT2D eigenvalue weighted by atomic mass is 10.1. The highest BCUT2D eigenvalue weighted by molar-refractivity contribution is 6.23. The van der Waals surface area contributed by atoms with Gasteiger partial charge in [0.1, 0.15) is 22.3 Å². The Morgan fingerprint density at radius 3 is 0.713 bits per heavy atom. The van der Waals surface area contributed by atoms with E-state index in [0.717, 1.165) is 187 Å². The second-order valence-corrected chi connectivity index (χ2v) is 32.4. The molecule has 29 heteroatoms. The van der Waals surface area contributed by atoms with E-state index in [1.165, 1.54) is 0 Å². The molecule has 0 aliphatic rings. The number of fused-ring (bicyclic) bond motifs is 35. The van der Waals surface area contributed by atoms with Crippen LogP contribution in [-0.2, 0) is 0 Å². The predicted molar refractivity (Wildman–Crippen MR) is 569 cm³/mol. The first-order chi connectivity index (χ1) is 68.9. The fraction of sp³-hybridized carbons (Fsp3) is 0.0965. The number of hydrogen-bond acceptors (Lipinski definition) is 19. The number of benzene rings is 14. The summed E-state index contributed by atoms with van der Waals surface area (Å²) in [5, 5.41) is 29.9. The van der Waals surface area contributed by atoms with Crippen LogP contribution in [0, 0.1) is 6.92 Å². The third-order valence-corrected chi connectivity index (χ3v) is 25.2. The van der Waals surface area contributed by atoms with Gasteiger partial charge in [-0.2, -0.15) is 19.9 Å². The Kier molecular flexibility index (Phi) is 22.1. The summed E-state index contributed by atoms with van der Waals surface area (Å²) in [6, 6.07) is 114. The van der Waals surface area contributed by atoms with Crippen molar-refractivity contribution in [2.75, 3.05) is 0 Å². The second kappa shape index (κ2) is 35.4. The van der Waals surface area contributed by atoms with Crippen LogP contribution in [0.15, 0.2) is 375 Å². The van der Waals surface area contributed by atoms with Crippen LogP contribution in [-0.4, -0.2) is 101 Å². The highest BCUT2D eigenvalue weighted by Crippen LogP contribution is 2.46. The van der Waals surface area contributed by atoms with Gasteiger partial charge in [0, 0.05) is 50.0 Å². The van der Waals surface area contributed by atoms with Crippen molar-refractivity contribution in [1.82, 2.24) is 101 Å². The summed E-state index contributed by atoms with van der Waals surface area (Å²) < 4.78 is 67.9. The minimum absolute atomic E-state index is 0. The van der Waals surface area contributed by atoms with E-state index in [9.17, 15) is 0 Å². The zero-order valence-corrected chi connectivity index (χ0v) is 75.5. The van der Waals surface area contributed by atoms with Crippen molar-refractivity contribution in [3.8, 4) is 41.8 Å². The average Bonchev–Trinajstić information content (AvgIpc) is 1.57. The number of hydrogen-bond donors (Lipinski definition) is 0. The fourth-order valence-corrected chi connectivity index (χ4v) is 19.7. The summed E-state index contributed by atoms with van der Waals surface area (Å²) in [5.41, 5.74) is 21.5. The Bertz CT molecular complexity index is 9170. The largest absolute Gasteiger partial charge is 0.439 e. The van der Waals surface area contributed by atoms with Crippen molar-refractivity contribution in [2.45, 2.75) is 78.2 Å². The maximum Gasteiger partial charge on any atom is 0.337 e. The minimum atomic E-state index is 0. The SMILES string of the molecule is C.C.C.C.CC.CC.CC.Cc1nc(-n2c3ccccc3n3c4ccccc4nc23)no1.c1ccc2c(c1)nc1n(-c3noc(-n4c5ccccc5n5c6ccccc6nc45)n3)c3ccccc3n21.c1ccc2c(c1)oc1c2c2ccccc2n1-c1noc(-n2c3ccccc3c3c4ccccc4oc32)n1.c1ccc2c(c1)oc1c2c2ccccc2n1-c1noc(-n2c3ccccc3c3c4ccccc4oc32)n1. The van der Waals surface area contributed by atoms with Crippen LogP contribution >= 0.6 is 0 Å². The van der Waals surface area contributed by atoms with Gasteiger partial charge in [-0.05, 0) is 142 Å². The van der Waals surface area contributed by atoms with E-state index in [2.05, 4.69) is 124 Å². The van der Waals surface area contributed by atoms with Crippen LogP contribution in [0.2, 0.25) is 0 Å². The predicted octanol–water partition coefficient (Wildman–Crippen LogP) is 29.8. The lowest BCUT2D eigenvalue weighted by molar-refractivity contribution is 0.391. The molecule has 0 aliphatic heterocycles. The van der Waals surface area contributed by atoms with E-state index < -0.39 is 0 Å². The van der Waals surface area contributed by atoms with Crippen molar-refractivity contribution >= 4 is 215 Å². The van der Waals surface area contributed by atoms with Crippen molar-refractivity contribution in [3.63, 3.8) is 0 Å². The summed E-state index contributed by atoms with van der Waals surface area (Å²) >= 11 is 0. The summed E-state index contributed by atoms with van der Waals surface area (Å²) in [4.78, 5) is 33.5. The second-order valence-electron chi connectivity index (χ2n) is 32.4. The fourth-order valence-electron chi connectivity index (χ4n) is 19.7. The molecular formula is C114H93N21O8. The number of aromatic nitrogens is 21. The number of aryl methyl sites for hydroxylation is 1. The Labute approximate surface area is 812 Å². The zero-order chi connectivity index (χ0) is 92.9. The van der Waals surface area contributed by atoms with Gasteiger partial charge in [0.2, 0.25) is 46.1 Å². The Morgan fingerprint density at radius 1 is 0.189 bits per heavy atom. The Balaban J connectivity index is 0.000000108. The molecule has 0 saturated heterocycles. The molecule has 0 spiro atoms. The van der Waals surface area contributed by atoms with Gasteiger partial charge in [-0.1, -0.05) is 290 Å². The first-order valence-electron chi connectivity index (χ1n) is 46.0. The van der Waals surface area contributed by atoms with Crippen LogP contribution in [0.3, 0.4) is 0 Å². The van der Waals surface area contributed by atoms with Crippen LogP contribution in [0.1, 0.15) is 77.1 Å². The van der Waals surface area contributed by atoms with Crippen molar-refractivity contribution in [3.05, 3.63) is 346 Å². The quantitative estimate of drug-likeness (QED) is 0.143. The lowest BCUT2D eigenvalue weighted by Gasteiger charge is -2.00. The molecule has 32 rings (SSSR count). The van der Waals surface area contributed by atoms with E-state index >= 15 is 0 Å². The van der Waals surface area contributed by atoms with Crippen LogP contribution in [0.25, 0.3) is 257 Å². The number of nitrogens with zero attached hydrogens (tertiary/aromatic N) is 21. The third-order valence-electron chi connectivity index (χ3n) is 25.2. The maximum absolute atomic E-state index is 6.32. The molecule has 18 heterocycles. The molecule has 0 saturated carbocycles. The van der Waals surface area contributed by atoms with Crippen LogP contribution in [0.5, 0.6) is 0 Å². The maximum atomic E-state index is 6.32. The van der Waals surface area contributed by atoms with Gasteiger partial charge in [0.15, 0.2) is 0 Å². The minimum Gasteiger partial charge on any atom is -0.439 e. The Hall–Kier alpha value is -19.2. The summed E-state index contributed by atoms with van der Waals surface area (Å²) in [6.45, 7) is 13.8. The third kappa shape index (κ3) is 13.3. The first kappa shape index (κ1) is 89.0. The molecule has 0 atom stereocenters. The zero-order valence-electron chi connectivity index (χ0n) is 75.5. The number of furan rings is 4. The van der Waals surface area contributed by atoms with Crippen molar-refractivity contribution < 1.29 is 35.8 Å². The molecule has 32 aromatic rings. The van der Waals surface area contributed by atoms with Gasteiger partial charge >= 0.3 is 18.0 Å². The molecule has 0 N–H and O–H groups in total. The molecular weight excluding hydrogens is 1790 g/mol. The van der Waals surface area contributed by atoms with E-state index in [1.807, 2.05) is 328 Å². The molecule has 0 radical (unpaired) electrons. The number of rotatable bonds is 7. The summed E-state index contributed by atoms with van der Waals surface area (Å²) in [7, 11) is 0. The van der Waals surface area contributed by atoms with Gasteiger partial charge in [-0.3, -0.25) is 13.2 Å². The Morgan fingerprint density at radius 2 is 0.406 bits per heavy atom. The highest BCUT2D eigenvalue weighted by Gasteiger charge is 2.32. The van der Waals surface area contributed by atoms with Gasteiger partial charge in [-0.25, -0.2) is 46.9 Å².